The summed E-state index contributed by atoms with van der Waals surface area (Å²) in [6.07, 6.45) is 6.23. The lowest BCUT2D eigenvalue weighted by atomic mass is 9.95. The Morgan fingerprint density at radius 2 is 1.68 bits per heavy atom. The predicted octanol–water partition coefficient (Wildman–Crippen LogP) is 4.87. The second-order valence-corrected chi connectivity index (χ2v) is 6.93. The molecule has 1 saturated carbocycles. The zero-order valence-electron chi connectivity index (χ0n) is 15.3. The van der Waals surface area contributed by atoms with Crippen molar-refractivity contribution in [2.24, 2.45) is 0 Å². The van der Waals surface area contributed by atoms with Crippen LogP contribution in [0.1, 0.15) is 42.5 Å². The number of hydrogen-bond acceptors (Lipinski definition) is 5. The Hall–Kier alpha value is -3.22. The maximum absolute atomic E-state index is 13.0. The molecule has 0 bridgehead atoms. The van der Waals surface area contributed by atoms with Crippen molar-refractivity contribution in [3.8, 4) is 11.5 Å². The fraction of sp³-hybridized carbons (Fsp3) is 0.286. The van der Waals surface area contributed by atoms with E-state index in [-0.39, 0.29) is 23.6 Å². The number of rotatable bonds is 5. The molecule has 0 saturated heterocycles. The van der Waals surface area contributed by atoms with Crippen molar-refractivity contribution in [1.82, 2.24) is 10.2 Å². The number of nitrogens with zero attached hydrogens (tertiary/aromatic N) is 2. The average molecular weight is 380 g/mol. The quantitative estimate of drug-likeness (QED) is 0.660. The molecule has 1 fully saturated rings. The van der Waals surface area contributed by atoms with E-state index in [1.54, 1.807) is 12.1 Å². The second-order valence-electron chi connectivity index (χ2n) is 6.93. The van der Waals surface area contributed by atoms with E-state index in [2.05, 4.69) is 20.8 Å². The fourth-order valence-corrected chi connectivity index (χ4v) is 3.35. The molecular formula is C21H21FN4O2. The first-order valence-electron chi connectivity index (χ1n) is 9.45. The maximum atomic E-state index is 13.0. The SMILES string of the molecule is O=C(Nc1nnc(-c2ccc(F)cc2)o1)c1ccc(NC2CCCCC2)cc1. The highest BCUT2D eigenvalue weighted by Crippen LogP contribution is 2.23. The summed E-state index contributed by atoms with van der Waals surface area (Å²) < 4.78 is 18.4. The number of carbonyl (C=O) groups excluding carboxylic acids is 1. The highest BCUT2D eigenvalue weighted by atomic mass is 19.1. The summed E-state index contributed by atoms with van der Waals surface area (Å²) in [5.74, 6) is -0.473. The van der Waals surface area contributed by atoms with Gasteiger partial charge in [-0.15, -0.1) is 5.10 Å². The molecule has 0 unspecified atom stereocenters. The van der Waals surface area contributed by atoms with Gasteiger partial charge in [-0.05, 0) is 61.4 Å². The van der Waals surface area contributed by atoms with E-state index < -0.39 is 0 Å². The summed E-state index contributed by atoms with van der Waals surface area (Å²) in [6, 6.07) is 13.5. The molecule has 6 nitrogen and oxygen atoms in total. The van der Waals surface area contributed by atoms with E-state index in [4.69, 9.17) is 4.42 Å². The van der Waals surface area contributed by atoms with Crippen LogP contribution in [0.15, 0.2) is 52.9 Å². The van der Waals surface area contributed by atoms with Crippen LogP contribution in [0.3, 0.4) is 0 Å². The number of hydrogen-bond donors (Lipinski definition) is 2. The molecule has 7 heteroatoms. The Morgan fingerprint density at radius 1 is 0.964 bits per heavy atom. The number of benzene rings is 2. The summed E-state index contributed by atoms with van der Waals surface area (Å²) >= 11 is 0. The van der Waals surface area contributed by atoms with Crippen LogP contribution in [0.5, 0.6) is 0 Å². The number of carbonyl (C=O) groups is 1. The van der Waals surface area contributed by atoms with Crippen molar-refractivity contribution in [3.05, 3.63) is 59.9 Å². The molecule has 1 heterocycles. The van der Waals surface area contributed by atoms with Crippen LogP contribution >= 0.6 is 0 Å². The minimum Gasteiger partial charge on any atom is -0.403 e. The van der Waals surface area contributed by atoms with Crippen molar-refractivity contribution < 1.29 is 13.6 Å². The standard InChI is InChI=1S/C21H21FN4O2/c22-16-10-6-15(7-11-16)20-25-26-21(28-20)24-19(27)14-8-12-18(13-9-14)23-17-4-2-1-3-5-17/h6-13,17,23H,1-5H2,(H,24,26,27). The monoisotopic (exact) mass is 380 g/mol. The summed E-state index contributed by atoms with van der Waals surface area (Å²) in [7, 11) is 0. The third-order valence-electron chi connectivity index (χ3n) is 4.86. The molecule has 4 rings (SSSR count). The molecule has 2 N–H and O–H groups in total. The Bertz CT molecular complexity index is 932. The van der Waals surface area contributed by atoms with Gasteiger partial charge >= 0.3 is 6.01 Å². The van der Waals surface area contributed by atoms with E-state index in [1.807, 2.05) is 12.1 Å². The van der Waals surface area contributed by atoms with Crippen molar-refractivity contribution in [2.45, 2.75) is 38.1 Å². The maximum Gasteiger partial charge on any atom is 0.322 e. The van der Waals surface area contributed by atoms with E-state index >= 15 is 0 Å². The van der Waals surface area contributed by atoms with Gasteiger partial charge in [-0.25, -0.2) is 4.39 Å². The van der Waals surface area contributed by atoms with Crippen LogP contribution < -0.4 is 10.6 Å². The zero-order valence-corrected chi connectivity index (χ0v) is 15.3. The van der Waals surface area contributed by atoms with Gasteiger partial charge in [0.05, 0.1) is 0 Å². The molecule has 1 aliphatic rings. The predicted molar refractivity (Wildman–Crippen MR) is 105 cm³/mol. The summed E-state index contributed by atoms with van der Waals surface area (Å²) in [6.45, 7) is 0. The molecule has 2 aromatic carbocycles. The van der Waals surface area contributed by atoms with Crippen molar-refractivity contribution in [2.75, 3.05) is 10.6 Å². The first-order chi connectivity index (χ1) is 13.7. The number of halogens is 1. The van der Waals surface area contributed by atoms with Gasteiger partial charge in [0.2, 0.25) is 5.89 Å². The molecule has 0 radical (unpaired) electrons. The lowest BCUT2D eigenvalue weighted by molar-refractivity contribution is 0.102. The Kier molecular flexibility index (Phi) is 5.32. The molecule has 144 valence electrons. The highest BCUT2D eigenvalue weighted by Gasteiger charge is 2.15. The lowest BCUT2D eigenvalue weighted by Gasteiger charge is -2.23. The van der Waals surface area contributed by atoms with E-state index in [0.717, 1.165) is 5.69 Å². The Morgan fingerprint density at radius 3 is 2.39 bits per heavy atom. The Balaban J connectivity index is 1.37. The number of amides is 1. The molecule has 28 heavy (non-hydrogen) atoms. The fourth-order valence-electron chi connectivity index (χ4n) is 3.35. The molecule has 0 spiro atoms. The molecule has 0 atom stereocenters. The van der Waals surface area contributed by atoms with E-state index in [0.29, 0.717) is 17.2 Å². The van der Waals surface area contributed by atoms with Crippen LogP contribution in [-0.2, 0) is 0 Å². The van der Waals surface area contributed by atoms with Gasteiger partial charge in [0.1, 0.15) is 5.82 Å². The molecule has 1 amide bonds. The van der Waals surface area contributed by atoms with Gasteiger partial charge in [-0.3, -0.25) is 10.1 Å². The van der Waals surface area contributed by atoms with Crippen molar-refractivity contribution in [3.63, 3.8) is 0 Å². The number of nitrogens with one attached hydrogen (secondary N) is 2. The third kappa shape index (κ3) is 4.36. The van der Waals surface area contributed by atoms with Gasteiger partial charge in [0, 0.05) is 22.9 Å². The summed E-state index contributed by atoms with van der Waals surface area (Å²) in [4.78, 5) is 12.4. The zero-order chi connectivity index (χ0) is 19.3. The molecule has 0 aliphatic heterocycles. The minimum absolute atomic E-state index is 0.00580. The molecule has 1 aliphatic carbocycles. The molecule has 3 aromatic rings. The highest BCUT2D eigenvalue weighted by molar-refractivity contribution is 6.03. The smallest absolute Gasteiger partial charge is 0.322 e. The van der Waals surface area contributed by atoms with Crippen molar-refractivity contribution in [1.29, 1.82) is 0 Å². The van der Waals surface area contributed by atoms with Crippen LogP contribution in [0.2, 0.25) is 0 Å². The van der Waals surface area contributed by atoms with Crippen molar-refractivity contribution >= 4 is 17.6 Å². The van der Waals surface area contributed by atoms with E-state index in [1.165, 1.54) is 56.4 Å². The largest absolute Gasteiger partial charge is 0.403 e. The normalized spacial score (nSPS) is 14.6. The Labute approximate surface area is 162 Å². The topological polar surface area (TPSA) is 80.1 Å². The van der Waals surface area contributed by atoms with Crippen LogP contribution in [0, 0.1) is 5.82 Å². The minimum atomic E-state index is -0.349. The first kappa shape index (κ1) is 18.2. The van der Waals surface area contributed by atoms with Gasteiger partial charge in [0.15, 0.2) is 0 Å². The first-order valence-corrected chi connectivity index (χ1v) is 9.45. The van der Waals surface area contributed by atoms with Crippen LogP contribution in [-0.4, -0.2) is 22.1 Å². The van der Waals surface area contributed by atoms with Gasteiger partial charge in [-0.1, -0.05) is 24.4 Å². The van der Waals surface area contributed by atoms with E-state index in [9.17, 15) is 9.18 Å². The summed E-state index contributed by atoms with van der Waals surface area (Å²) in [5.41, 5.74) is 2.09. The van der Waals surface area contributed by atoms with Crippen LogP contribution in [0.25, 0.3) is 11.5 Å². The van der Waals surface area contributed by atoms with Gasteiger partial charge in [-0.2, -0.15) is 0 Å². The average Bonchev–Trinajstić information content (AvgIpc) is 3.18. The van der Waals surface area contributed by atoms with Crippen LogP contribution in [0.4, 0.5) is 16.1 Å². The third-order valence-corrected chi connectivity index (χ3v) is 4.86. The number of anilines is 2. The second kappa shape index (κ2) is 8.21. The molecular weight excluding hydrogens is 359 g/mol. The van der Waals surface area contributed by atoms with Gasteiger partial charge < -0.3 is 9.73 Å². The number of aromatic nitrogens is 2. The lowest BCUT2D eigenvalue weighted by Crippen LogP contribution is -2.22. The molecule has 1 aromatic heterocycles. The summed E-state index contributed by atoms with van der Waals surface area (Å²) in [5, 5.41) is 13.8. The van der Waals surface area contributed by atoms with Gasteiger partial charge in [0.25, 0.3) is 5.91 Å².